The molecule has 0 aromatic carbocycles. The van der Waals surface area contributed by atoms with Gasteiger partial charge in [0.2, 0.25) is 5.91 Å². The van der Waals surface area contributed by atoms with Crippen molar-refractivity contribution in [3.05, 3.63) is 24.3 Å². The highest BCUT2D eigenvalue weighted by molar-refractivity contribution is 7.80. The highest BCUT2D eigenvalue weighted by Crippen LogP contribution is 2.21. The van der Waals surface area contributed by atoms with Gasteiger partial charge in [-0.3, -0.25) is 4.79 Å². The van der Waals surface area contributed by atoms with Gasteiger partial charge in [0.15, 0.2) is 0 Å². The van der Waals surface area contributed by atoms with Crippen LogP contribution in [0.5, 0.6) is 0 Å². The molecule has 0 spiro atoms. The molecule has 3 heteroatoms. The topological polar surface area (TPSA) is 29.1 Å². The van der Waals surface area contributed by atoms with E-state index >= 15 is 0 Å². The van der Waals surface area contributed by atoms with E-state index in [1.54, 1.807) is 6.08 Å². The zero-order valence-corrected chi connectivity index (χ0v) is 7.30. The second kappa shape index (κ2) is 2.83. The van der Waals surface area contributed by atoms with Crippen molar-refractivity contribution in [2.75, 3.05) is 0 Å². The molecule has 0 bridgehead atoms. The molecule has 1 N–H and O–H groups in total. The van der Waals surface area contributed by atoms with Crippen LogP contribution in [0.2, 0.25) is 0 Å². The number of hydrogen-bond acceptors (Lipinski definition) is 2. The molecule has 62 valence electrons. The number of allylic oxidation sites excluding steroid dienone is 1. The summed E-state index contributed by atoms with van der Waals surface area (Å²) in [5.41, 5.74) is 0. The zero-order chi connectivity index (χ0) is 8.55. The van der Waals surface area contributed by atoms with Gasteiger partial charge in [-0.15, -0.1) is 0 Å². The smallest absolute Gasteiger partial charge is 0.244 e. The van der Waals surface area contributed by atoms with Crippen molar-refractivity contribution in [1.29, 1.82) is 0 Å². The van der Waals surface area contributed by atoms with Gasteiger partial charge >= 0.3 is 0 Å². The molecule has 2 aliphatic rings. The Hall–Kier alpha value is -0.960. The van der Waals surface area contributed by atoms with E-state index in [9.17, 15) is 4.79 Å². The summed E-state index contributed by atoms with van der Waals surface area (Å²) >= 11 is 5.12. The third-order valence-corrected chi connectivity index (χ3v) is 2.61. The molecular weight excluding hydrogens is 170 g/mol. The van der Waals surface area contributed by atoms with Gasteiger partial charge in [0, 0.05) is 10.8 Å². The molecule has 1 aliphatic heterocycles. The lowest BCUT2D eigenvalue weighted by molar-refractivity contribution is -0.117. The Morgan fingerprint density at radius 2 is 2.33 bits per heavy atom. The molecule has 2 rings (SSSR count). The first kappa shape index (κ1) is 7.68. The molecule has 1 aliphatic carbocycles. The predicted octanol–water partition coefficient (Wildman–Crippen LogP) is 0.987. The standard InChI is InChI=1S/C9H9NOS/c11-8-5-4-6-2-1-3-7(12)9(6)10-8/h1,3-6,9H,2H2,(H,10,11). The van der Waals surface area contributed by atoms with E-state index in [1.165, 1.54) is 0 Å². The molecule has 2 nitrogen and oxygen atoms in total. The average Bonchev–Trinajstić information content (AvgIpc) is 2.07. The fraction of sp³-hybridized carbons (Fsp3) is 0.333. The van der Waals surface area contributed by atoms with Gasteiger partial charge in [-0.05, 0) is 12.5 Å². The van der Waals surface area contributed by atoms with Crippen LogP contribution in [-0.4, -0.2) is 16.8 Å². The van der Waals surface area contributed by atoms with Crippen LogP contribution in [0.25, 0.3) is 0 Å². The Bertz CT molecular complexity index is 293. The average molecular weight is 179 g/mol. The molecule has 0 saturated carbocycles. The zero-order valence-electron chi connectivity index (χ0n) is 6.49. The molecule has 0 fully saturated rings. The highest BCUT2D eigenvalue weighted by Gasteiger charge is 2.28. The largest absolute Gasteiger partial charge is 0.344 e. The van der Waals surface area contributed by atoms with Crippen LogP contribution >= 0.6 is 12.2 Å². The summed E-state index contributed by atoms with van der Waals surface area (Å²) in [6.07, 6.45) is 8.48. The van der Waals surface area contributed by atoms with Gasteiger partial charge in [-0.25, -0.2) is 0 Å². The lowest BCUT2D eigenvalue weighted by Crippen LogP contribution is -2.47. The first-order chi connectivity index (χ1) is 5.77. The Kier molecular flexibility index (Phi) is 1.81. The minimum atomic E-state index is -0.0334. The maximum Gasteiger partial charge on any atom is 0.244 e. The van der Waals surface area contributed by atoms with E-state index in [2.05, 4.69) is 11.4 Å². The molecule has 12 heavy (non-hydrogen) atoms. The number of carbonyl (C=O) groups is 1. The molecular formula is C9H9NOS. The van der Waals surface area contributed by atoms with Gasteiger partial charge in [-0.1, -0.05) is 30.4 Å². The van der Waals surface area contributed by atoms with Crippen LogP contribution in [0.4, 0.5) is 0 Å². The van der Waals surface area contributed by atoms with Crippen LogP contribution in [0.1, 0.15) is 6.42 Å². The SMILES string of the molecule is O=C1C=CC2CC=CC(=S)C2N1. The lowest BCUT2D eigenvalue weighted by atomic mass is 9.86. The van der Waals surface area contributed by atoms with Gasteiger partial charge in [0.25, 0.3) is 0 Å². The van der Waals surface area contributed by atoms with Gasteiger partial charge in [0.05, 0.1) is 6.04 Å². The van der Waals surface area contributed by atoms with E-state index in [0.717, 1.165) is 11.3 Å². The maximum atomic E-state index is 11.0. The van der Waals surface area contributed by atoms with Gasteiger partial charge < -0.3 is 5.32 Å². The second-order valence-electron chi connectivity index (χ2n) is 3.05. The number of thiocarbonyl (C=S) groups is 1. The lowest BCUT2D eigenvalue weighted by Gasteiger charge is -2.29. The molecule has 1 amide bonds. The van der Waals surface area contributed by atoms with Gasteiger partial charge in [-0.2, -0.15) is 0 Å². The Balaban J connectivity index is 2.28. The van der Waals surface area contributed by atoms with Crippen molar-refractivity contribution < 1.29 is 4.79 Å². The number of fused-ring (bicyclic) bond motifs is 1. The molecule has 2 atom stereocenters. The van der Waals surface area contributed by atoms with Crippen molar-refractivity contribution in [2.45, 2.75) is 12.5 Å². The number of carbonyl (C=O) groups excluding carboxylic acids is 1. The first-order valence-corrected chi connectivity index (χ1v) is 4.37. The maximum absolute atomic E-state index is 11.0. The van der Waals surface area contributed by atoms with Crippen molar-refractivity contribution in [1.82, 2.24) is 5.32 Å². The summed E-state index contributed by atoms with van der Waals surface area (Å²) < 4.78 is 0. The van der Waals surface area contributed by atoms with E-state index < -0.39 is 0 Å². The predicted molar refractivity (Wildman–Crippen MR) is 50.9 cm³/mol. The second-order valence-corrected chi connectivity index (χ2v) is 3.52. The Labute approximate surface area is 76.3 Å². The van der Waals surface area contributed by atoms with Crippen LogP contribution < -0.4 is 5.32 Å². The number of nitrogens with one attached hydrogen (secondary N) is 1. The minimum Gasteiger partial charge on any atom is -0.344 e. The van der Waals surface area contributed by atoms with Crippen molar-refractivity contribution in [3.63, 3.8) is 0 Å². The van der Waals surface area contributed by atoms with E-state index in [0.29, 0.717) is 5.92 Å². The summed E-state index contributed by atoms with van der Waals surface area (Å²) in [6.45, 7) is 0. The Morgan fingerprint density at radius 1 is 1.50 bits per heavy atom. The number of rotatable bonds is 0. The van der Waals surface area contributed by atoms with Crippen LogP contribution in [0.15, 0.2) is 24.3 Å². The molecule has 0 radical (unpaired) electrons. The summed E-state index contributed by atoms with van der Waals surface area (Å²) in [4.78, 5) is 11.8. The van der Waals surface area contributed by atoms with Crippen LogP contribution in [-0.2, 0) is 4.79 Å². The van der Waals surface area contributed by atoms with Crippen LogP contribution in [0.3, 0.4) is 0 Å². The van der Waals surface area contributed by atoms with Gasteiger partial charge in [0.1, 0.15) is 0 Å². The van der Waals surface area contributed by atoms with Crippen molar-refractivity contribution >= 4 is 23.0 Å². The van der Waals surface area contributed by atoms with E-state index in [-0.39, 0.29) is 11.9 Å². The van der Waals surface area contributed by atoms with Crippen LogP contribution in [0, 0.1) is 5.92 Å². The monoisotopic (exact) mass is 179 g/mol. The van der Waals surface area contributed by atoms with Crippen molar-refractivity contribution in [3.8, 4) is 0 Å². The fourth-order valence-electron chi connectivity index (χ4n) is 1.57. The molecule has 1 heterocycles. The third kappa shape index (κ3) is 1.20. The molecule has 0 saturated heterocycles. The van der Waals surface area contributed by atoms with Crippen molar-refractivity contribution in [2.24, 2.45) is 5.92 Å². The normalized spacial score (nSPS) is 33.0. The van der Waals surface area contributed by atoms with E-state index in [4.69, 9.17) is 12.2 Å². The molecule has 0 aromatic rings. The summed E-state index contributed by atoms with van der Waals surface area (Å²) in [5, 5.41) is 2.85. The first-order valence-electron chi connectivity index (χ1n) is 3.96. The summed E-state index contributed by atoms with van der Waals surface area (Å²) in [7, 11) is 0. The molecule has 2 unspecified atom stereocenters. The summed E-state index contributed by atoms with van der Waals surface area (Å²) in [6, 6.07) is 0.0579. The quantitative estimate of drug-likeness (QED) is 0.562. The minimum absolute atomic E-state index is 0.0334. The number of amides is 1. The summed E-state index contributed by atoms with van der Waals surface area (Å²) in [5.74, 6) is 0.342. The highest BCUT2D eigenvalue weighted by atomic mass is 32.1. The fourth-order valence-corrected chi connectivity index (χ4v) is 1.90. The Morgan fingerprint density at radius 3 is 3.17 bits per heavy atom. The third-order valence-electron chi connectivity index (χ3n) is 2.22. The number of hydrogen-bond donors (Lipinski definition) is 1. The molecule has 0 aromatic heterocycles. The van der Waals surface area contributed by atoms with E-state index in [1.807, 2.05) is 12.2 Å².